The number of aryl methyl sites for hydroxylation is 1. The number of benzene rings is 1. The Kier molecular flexibility index (Phi) is 5.14. The molecule has 0 bridgehead atoms. The van der Waals surface area contributed by atoms with Crippen LogP contribution in [-0.2, 0) is 11.3 Å². The Hall–Kier alpha value is -2.94. The van der Waals surface area contributed by atoms with E-state index in [1.807, 2.05) is 30.3 Å². The first-order chi connectivity index (χ1) is 11.3. The van der Waals surface area contributed by atoms with Crippen LogP contribution in [0.25, 0.3) is 0 Å². The van der Waals surface area contributed by atoms with E-state index in [-0.39, 0.29) is 18.0 Å². The molecule has 0 aliphatic carbocycles. The van der Waals surface area contributed by atoms with Crippen LogP contribution in [0.15, 0.2) is 29.1 Å². The maximum atomic E-state index is 12.2. The number of nitrogens with zero attached hydrogens (tertiary/aromatic N) is 3. The fraction of sp³-hybridized carbons (Fsp3) is 0.333. The van der Waals surface area contributed by atoms with Crippen molar-refractivity contribution < 1.29 is 4.79 Å². The normalized spacial score (nSPS) is 10.5. The van der Waals surface area contributed by atoms with Gasteiger partial charge in [-0.25, -0.2) is 4.68 Å². The molecule has 1 aromatic heterocycles. The molecule has 0 spiro atoms. The molecule has 1 heterocycles. The largest absolute Gasteiger partial charge is 0.324 e. The first-order valence-electron chi connectivity index (χ1n) is 7.71. The predicted octanol–water partition coefficient (Wildman–Crippen LogP) is 2.49. The minimum Gasteiger partial charge on any atom is -0.324 e. The van der Waals surface area contributed by atoms with Crippen molar-refractivity contribution in [1.29, 1.82) is 5.26 Å². The molecule has 0 saturated heterocycles. The maximum absolute atomic E-state index is 12.2. The van der Waals surface area contributed by atoms with Gasteiger partial charge in [0.25, 0.3) is 5.56 Å². The molecule has 0 fully saturated rings. The van der Waals surface area contributed by atoms with E-state index in [1.165, 1.54) is 5.56 Å². The lowest BCUT2D eigenvalue weighted by Gasteiger charge is -2.10. The number of aromatic nitrogens is 2. The van der Waals surface area contributed by atoms with Crippen LogP contribution in [0.4, 0.5) is 5.69 Å². The highest BCUT2D eigenvalue weighted by molar-refractivity contribution is 5.90. The first-order valence-corrected chi connectivity index (χ1v) is 7.71. The molecular formula is C18H20N4O2. The molecular weight excluding hydrogens is 304 g/mol. The second-order valence-corrected chi connectivity index (χ2v) is 5.98. The minimum atomic E-state index is -0.550. The maximum Gasteiger partial charge on any atom is 0.285 e. The third kappa shape index (κ3) is 3.69. The molecule has 6 nitrogen and oxygen atoms in total. The van der Waals surface area contributed by atoms with E-state index >= 15 is 0 Å². The Morgan fingerprint density at radius 2 is 1.92 bits per heavy atom. The van der Waals surface area contributed by atoms with Crippen LogP contribution in [0.1, 0.15) is 42.1 Å². The average Bonchev–Trinajstić information content (AvgIpc) is 2.53. The smallest absolute Gasteiger partial charge is 0.285 e. The van der Waals surface area contributed by atoms with Crippen LogP contribution in [0.5, 0.6) is 0 Å². The second-order valence-electron chi connectivity index (χ2n) is 5.98. The van der Waals surface area contributed by atoms with Crippen molar-refractivity contribution in [3.8, 4) is 6.07 Å². The van der Waals surface area contributed by atoms with Gasteiger partial charge in [-0.3, -0.25) is 9.59 Å². The van der Waals surface area contributed by atoms with Crippen molar-refractivity contribution in [2.75, 3.05) is 5.32 Å². The molecule has 124 valence electrons. The number of carbonyl (C=O) groups is 1. The number of rotatable bonds is 4. The SMILES string of the molecule is Cc1nn(CC(=O)Nc2ccc(C(C)C)cc2)c(=O)c(C#N)c1C. The van der Waals surface area contributed by atoms with Crippen molar-refractivity contribution in [3.05, 3.63) is 57.0 Å². The number of amides is 1. The summed E-state index contributed by atoms with van der Waals surface area (Å²) >= 11 is 0. The van der Waals surface area contributed by atoms with Gasteiger partial charge in [0.05, 0.1) is 5.69 Å². The molecule has 0 saturated carbocycles. The average molecular weight is 324 g/mol. The molecule has 0 radical (unpaired) electrons. The lowest BCUT2D eigenvalue weighted by atomic mass is 10.0. The van der Waals surface area contributed by atoms with E-state index in [0.717, 1.165) is 4.68 Å². The standard InChI is InChI=1S/C18H20N4O2/c1-11(2)14-5-7-15(8-6-14)20-17(23)10-22-18(24)16(9-19)12(3)13(4)21-22/h5-8,11H,10H2,1-4H3,(H,20,23). The van der Waals surface area contributed by atoms with Gasteiger partial charge >= 0.3 is 0 Å². The van der Waals surface area contributed by atoms with E-state index in [9.17, 15) is 9.59 Å². The summed E-state index contributed by atoms with van der Waals surface area (Å²) in [4.78, 5) is 24.3. The Morgan fingerprint density at radius 1 is 1.29 bits per heavy atom. The van der Waals surface area contributed by atoms with Crippen LogP contribution in [0.2, 0.25) is 0 Å². The summed E-state index contributed by atoms with van der Waals surface area (Å²) < 4.78 is 1.03. The van der Waals surface area contributed by atoms with Gasteiger partial charge in [0, 0.05) is 5.69 Å². The highest BCUT2D eigenvalue weighted by Gasteiger charge is 2.14. The molecule has 2 aromatic rings. The lowest BCUT2D eigenvalue weighted by Crippen LogP contribution is -2.32. The van der Waals surface area contributed by atoms with E-state index in [2.05, 4.69) is 24.3 Å². The van der Waals surface area contributed by atoms with E-state index in [1.54, 1.807) is 13.8 Å². The van der Waals surface area contributed by atoms with Crippen LogP contribution < -0.4 is 10.9 Å². The highest BCUT2D eigenvalue weighted by atomic mass is 16.2. The van der Waals surface area contributed by atoms with Crippen LogP contribution in [0, 0.1) is 25.2 Å². The topological polar surface area (TPSA) is 87.8 Å². The summed E-state index contributed by atoms with van der Waals surface area (Å²) in [6.45, 7) is 7.33. The Bertz CT molecular complexity index is 858. The van der Waals surface area contributed by atoms with Crippen molar-refractivity contribution in [2.24, 2.45) is 0 Å². The predicted molar refractivity (Wildman–Crippen MR) is 91.8 cm³/mol. The zero-order chi connectivity index (χ0) is 17.9. The van der Waals surface area contributed by atoms with Crippen LogP contribution in [0.3, 0.4) is 0 Å². The summed E-state index contributed by atoms with van der Waals surface area (Å²) in [6, 6.07) is 9.43. The fourth-order valence-corrected chi connectivity index (χ4v) is 2.30. The number of anilines is 1. The number of nitriles is 1. The van der Waals surface area contributed by atoms with Gasteiger partial charge in [-0.1, -0.05) is 26.0 Å². The second kappa shape index (κ2) is 7.09. The highest BCUT2D eigenvalue weighted by Crippen LogP contribution is 2.17. The summed E-state index contributed by atoms with van der Waals surface area (Å²) in [6.07, 6.45) is 0. The fourth-order valence-electron chi connectivity index (χ4n) is 2.30. The number of hydrogen-bond donors (Lipinski definition) is 1. The molecule has 6 heteroatoms. The van der Waals surface area contributed by atoms with Gasteiger partial charge in [0.15, 0.2) is 0 Å². The minimum absolute atomic E-state index is 0.0246. The van der Waals surface area contributed by atoms with Crippen molar-refractivity contribution >= 4 is 11.6 Å². The van der Waals surface area contributed by atoms with Crippen molar-refractivity contribution in [2.45, 2.75) is 40.2 Å². The molecule has 1 aromatic carbocycles. The van der Waals surface area contributed by atoms with E-state index in [0.29, 0.717) is 22.9 Å². The Balaban J connectivity index is 2.17. The van der Waals surface area contributed by atoms with E-state index in [4.69, 9.17) is 5.26 Å². The zero-order valence-electron chi connectivity index (χ0n) is 14.3. The summed E-state index contributed by atoms with van der Waals surface area (Å²) in [5.41, 5.74) is 2.41. The van der Waals surface area contributed by atoms with Gasteiger partial charge in [0.2, 0.25) is 5.91 Å². The van der Waals surface area contributed by atoms with Crippen LogP contribution >= 0.6 is 0 Å². The Morgan fingerprint density at radius 3 is 2.46 bits per heavy atom. The zero-order valence-corrected chi connectivity index (χ0v) is 14.3. The molecule has 2 rings (SSSR count). The van der Waals surface area contributed by atoms with Gasteiger partial charge in [-0.05, 0) is 43.0 Å². The van der Waals surface area contributed by atoms with Gasteiger partial charge in [0.1, 0.15) is 18.2 Å². The number of hydrogen-bond acceptors (Lipinski definition) is 4. The van der Waals surface area contributed by atoms with E-state index < -0.39 is 5.56 Å². The van der Waals surface area contributed by atoms with Crippen LogP contribution in [-0.4, -0.2) is 15.7 Å². The summed E-state index contributed by atoms with van der Waals surface area (Å²) in [5, 5.41) is 15.9. The molecule has 1 amide bonds. The number of nitrogens with one attached hydrogen (secondary N) is 1. The number of carbonyl (C=O) groups excluding carboxylic acids is 1. The quantitative estimate of drug-likeness (QED) is 0.936. The summed E-state index contributed by atoms with van der Waals surface area (Å²) in [7, 11) is 0. The molecule has 1 N–H and O–H groups in total. The van der Waals surface area contributed by atoms with Gasteiger partial charge in [-0.2, -0.15) is 10.4 Å². The third-order valence-electron chi connectivity index (χ3n) is 3.90. The molecule has 0 atom stereocenters. The van der Waals surface area contributed by atoms with Gasteiger partial charge in [-0.15, -0.1) is 0 Å². The first kappa shape index (κ1) is 17.4. The Labute approximate surface area is 140 Å². The molecule has 0 aliphatic rings. The molecule has 0 aliphatic heterocycles. The van der Waals surface area contributed by atoms with Gasteiger partial charge < -0.3 is 5.32 Å². The molecule has 24 heavy (non-hydrogen) atoms. The van der Waals surface area contributed by atoms with Crippen molar-refractivity contribution in [3.63, 3.8) is 0 Å². The monoisotopic (exact) mass is 324 g/mol. The lowest BCUT2D eigenvalue weighted by molar-refractivity contribution is -0.117. The van der Waals surface area contributed by atoms with Crippen molar-refractivity contribution in [1.82, 2.24) is 9.78 Å². The molecule has 0 unspecified atom stereocenters. The summed E-state index contributed by atoms with van der Waals surface area (Å²) in [5.74, 6) is 0.0477. The third-order valence-corrected chi connectivity index (χ3v) is 3.90.